The Labute approximate surface area is 148 Å². The van der Waals surface area contributed by atoms with Gasteiger partial charge < -0.3 is 18.1 Å². The highest BCUT2D eigenvalue weighted by Crippen LogP contribution is 2.25. The van der Waals surface area contributed by atoms with Crippen LogP contribution in [0.25, 0.3) is 10.8 Å². The third-order valence-corrected chi connectivity index (χ3v) is 5.32. The van der Waals surface area contributed by atoms with Gasteiger partial charge in [-0.05, 0) is 43.0 Å². The Morgan fingerprint density at radius 1 is 1.04 bits per heavy atom. The van der Waals surface area contributed by atoms with Gasteiger partial charge in [0.05, 0.1) is 4.90 Å². The molecule has 0 heterocycles. The van der Waals surface area contributed by atoms with Gasteiger partial charge in [-0.15, -0.1) is 0 Å². The molecule has 0 radical (unpaired) electrons. The number of nitrogens with two attached hydrogens (primary N) is 1. The summed E-state index contributed by atoms with van der Waals surface area (Å²) in [5, 5.41) is 2.29. The maximum absolute atomic E-state index is 12.3. The van der Waals surface area contributed by atoms with Gasteiger partial charge in [0.1, 0.15) is 0 Å². The summed E-state index contributed by atoms with van der Waals surface area (Å²) in [6, 6.07) is 10.4. The summed E-state index contributed by atoms with van der Waals surface area (Å²) in [4.78, 5) is 0.268. The van der Waals surface area contributed by atoms with Crippen LogP contribution in [0.3, 0.4) is 0 Å². The molecule has 4 nitrogen and oxygen atoms in total. The number of unbranched alkanes of at least 4 members (excludes halogenated alkanes) is 3. The minimum absolute atomic E-state index is 0. The van der Waals surface area contributed by atoms with E-state index in [2.05, 4.69) is 4.72 Å². The molecule has 0 aliphatic carbocycles. The van der Waals surface area contributed by atoms with E-state index in [4.69, 9.17) is 17.3 Å². The van der Waals surface area contributed by atoms with Crippen molar-refractivity contribution in [1.29, 1.82) is 0 Å². The molecule has 0 saturated heterocycles. The highest BCUT2D eigenvalue weighted by molar-refractivity contribution is 7.89. The van der Waals surface area contributed by atoms with Gasteiger partial charge in [0.2, 0.25) is 10.0 Å². The van der Waals surface area contributed by atoms with Crippen molar-refractivity contribution in [2.45, 2.75) is 30.6 Å². The van der Waals surface area contributed by atoms with Gasteiger partial charge in [0.25, 0.3) is 0 Å². The van der Waals surface area contributed by atoms with Gasteiger partial charge in [-0.3, -0.25) is 0 Å². The molecule has 128 valence electrons. The molecule has 2 aromatic rings. The summed E-state index contributed by atoms with van der Waals surface area (Å²) in [5.74, 6) is 0. The lowest BCUT2D eigenvalue weighted by Crippen LogP contribution is -3.00. The van der Waals surface area contributed by atoms with E-state index in [1.165, 1.54) is 0 Å². The monoisotopic (exact) mass is 375 g/mol. The van der Waals surface area contributed by atoms with E-state index < -0.39 is 10.0 Å². The molecule has 0 aliphatic rings. The number of halogens is 2. The smallest absolute Gasteiger partial charge is 0.240 e. The van der Waals surface area contributed by atoms with Crippen LogP contribution in [0.5, 0.6) is 0 Å². The lowest BCUT2D eigenvalue weighted by atomic mass is 10.1. The van der Waals surface area contributed by atoms with Crippen LogP contribution in [0.15, 0.2) is 41.3 Å². The first-order chi connectivity index (χ1) is 10.5. The number of rotatable bonds is 8. The van der Waals surface area contributed by atoms with Gasteiger partial charge >= 0.3 is 0 Å². The van der Waals surface area contributed by atoms with E-state index in [-0.39, 0.29) is 17.3 Å². The highest BCUT2D eigenvalue weighted by Gasteiger charge is 2.14. The molecule has 23 heavy (non-hydrogen) atoms. The second kappa shape index (κ2) is 9.45. The summed E-state index contributed by atoms with van der Waals surface area (Å²) in [5.41, 5.74) is 5.42. The highest BCUT2D eigenvalue weighted by atomic mass is 35.5. The van der Waals surface area contributed by atoms with E-state index in [9.17, 15) is 8.42 Å². The SMILES string of the molecule is NCCCCCCNS(=O)(=O)c1ccc2c(Cl)cccc2c1.[Cl-]. The summed E-state index contributed by atoms with van der Waals surface area (Å²) in [6.45, 7) is 1.13. The van der Waals surface area contributed by atoms with Gasteiger partial charge in [-0.1, -0.05) is 42.6 Å². The molecule has 7 heteroatoms. The first kappa shape index (κ1) is 20.2. The fourth-order valence-electron chi connectivity index (χ4n) is 2.30. The minimum atomic E-state index is -3.48. The maximum Gasteiger partial charge on any atom is 0.240 e. The Bertz CT molecular complexity index is 736. The van der Waals surface area contributed by atoms with Gasteiger partial charge in [0, 0.05) is 17.0 Å². The van der Waals surface area contributed by atoms with E-state index in [1.54, 1.807) is 24.3 Å². The van der Waals surface area contributed by atoms with Crippen LogP contribution in [0, 0.1) is 0 Å². The average Bonchev–Trinajstić information content (AvgIpc) is 2.50. The molecule has 0 atom stereocenters. The lowest BCUT2D eigenvalue weighted by molar-refractivity contribution is -0.00000701. The van der Waals surface area contributed by atoms with Crippen LogP contribution < -0.4 is 22.9 Å². The van der Waals surface area contributed by atoms with Crippen LogP contribution in [0.1, 0.15) is 25.7 Å². The third-order valence-electron chi connectivity index (χ3n) is 3.53. The Morgan fingerprint density at radius 3 is 2.52 bits per heavy atom. The maximum atomic E-state index is 12.3. The number of fused-ring (bicyclic) bond motifs is 1. The number of hydrogen-bond donors (Lipinski definition) is 2. The molecule has 0 saturated carbocycles. The third kappa shape index (κ3) is 5.62. The van der Waals surface area contributed by atoms with Crippen LogP contribution in [0.4, 0.5) is 0 Å². The molecule has 0 aliphatic heterocycles. The molecule has 0 fully saturated rings. The zero-order valence-corrected chi connectivity index (χ0v) is 15.1. The molecule has 2 aromatic carbocycles. The van der Waals surface area contributed by atoms with Crippen LogP contribution >= 0.6 is 11.6 Å². The second-order valence-electron chi connectivity index (χ2n) is 5.22. The lowest BCUT2D eigenvalue weighted by Gasteiger charge is -2.08. The Kier molecular flexibility index (Phi) is 8.29. The Morgan fingerprint density at radius 2 is 1.78 bits per heavy atom. The molecule has 0 amide bonds. The number of benzene rings is 2. The van der Waals surface area contributed by atoms with Crippen molar-refractivity contribution in [2.75, 3.05) is 13.1 Å². The average molecular weight is 376 g/mol. The number of hydrogen-bond acceptors (Lipinski definition) is 3. The predicted octanol–water partition coefficient (Wildman–Crippen LogP) is 0.295. The number of sulfonamides is 1. The van der Waals surface area contributed by atoms with Crippen molar-refractivity contribution in [3.05, 3.63) is 41.4 Å². The molecular weight excluding hydrogens is 355 g/mol. The van der Waals surface area contributed by atoms with Crippen molar-refractivity contribution in [3.63, 3.8) is 0 Å². The van der Waals surface area contributed by atoms with Gasteiger partial charge in [-0.2, -0.15) is 0 Å². The molecule has 0 spiro atoms. The predicted molar refractivity (Wildman–Crippen MR) is 91.7 cm³/mol. The largest absolute Gasteiger partial charge is 1.00 e. The molecule has 0 unspecified atom stereocenters. The fraction of sp³-hybridized carbons (Fsp3) is 0.375. The zero-order valence-electron chi connectivity index (χ0n) is 12.8. The summed E-state index contributed by atoms with van der Waals surface area (Å²) < 4.78 is 27.2. The standard InChI is InChI=1S/C16H21ClN2O2S.ClH/c17-16-7-5-6-13-12-14(8-9-15(13)16)22(20,21)19-11-4-2-1-3-10-18;/h5-9,12,19H,1-4,10-11,18H2;1H/p-1. The van der Waals surface area contributed by atoms with E-state index in [1.807, 2.05) is 12.1 Å². The molecule has 2 rings (SSSR count). The Hall–Kier alpha value is -0.850. The first-order valence-corrected chi connectivity index (χ1v) is 9.29. The van der Waals surface area contributed by atoms with Crippen molar-refractivity contribution < 1.29 is 20.8 Å². The zero-order chi connectivity index (χ0) is 16.0. The normalized spacial score (nSPS) is 11.4. The number of nitrogens with one attached hydrogen (secondary N) is 1. The van der Waals surface area contributed by atoms with Crippen molar-refractivity contribution >= 4 is 32.4 Å². The van der Waals surface area contributed by atoms with Crippen molar-refractivity contribution in [2.24, 2.45) is 5.73 Å². The molecule has 0 aromatic heterocycles. The molecule has 3 N–H and O–H groups in total. The van der Waals surface area contributed by atoms with Crippen molar-refractivity contribution in [1.82, 2.24) is 4.72 Å². The van der Waals surface area contributed by atoms with Gasteiger partial charge in [0.15, 0.2) is 0 Å². The quantitative estimate of drug-likeness (QED) is 0.651. The van der Waals surface area contributed by atoms with E-state index >= 15 is 0 Å². The van der Waals surface area contributed by atoms with Crippen LogP contribution in [-0.4, -0.2) is 21.5 Å². The molecule has 0 bridgehead atoms. The van der Waals surface area contributed by atoms with Crippen LogP contribution in [0.2, 0.25) is 5.02 Å². The first-order valence-electron chi connectivity index (χ1n) is 7.42. The summed E-state index contributed by atoms with van der Waals surface area (Å²) in [6.07, 6.45) is 3.82. The summed E-state index contributed by atoms with van der Waals surface area (Å²) >= 11 is 6.09. The van der Waals surface area contributed by atoms with E-state index in [0.29, 0.717) is 18.1 Å². The van der Waals surface area contributed by atoms with Crippen LogP contribution in [-0.2, 0) is 10.0 Å². The van der Waals surface area contributed by atoms with Crippen molar-refractivity contribution in [3.8, 4) is 0 Å². The van der Waals surface area contributed by atoms with Gasteiger partial charge in [-0.25, -0.2) is 13.1 Å². The van der Waals surface area contributed by atoms with E-state index in [0.717, 1.165) is 36.5 Å². The topological polar surface area (TPSA) is 72.2 Å². The molecular formula is C16H21Cl2N2O2S-. The second-order valence-corrected chi connectivity index (χ2v) is 7.40. The summed E-state index contributed by atoms with van der Waals surface area (Å²) in [7, 11) is -3.48. The minimum Gasteiger partial charge on any atom is -1.00 e. The fourth-order valence-corrected chi connectivity index (χ4v) is 3.66. The Balaban J connectivity index is 0.00000264.